The van der Waals surface area contributed by atoms with Gasteiger partial charge in [0.15, 0.2) is 0 Å². The summed E-state index contributed by atoms with van der Waals surface area (Å²) < 4.78 is 0. The predicted octanol–water partition coefficient (Wildman–Crippen LogP) is 4.15. The Labute approximate surface area is 111 Å². The van der Waals surface area contributed by atoms with Crippen molar-refractivity contribution >= 4 is 17.7 Å². The molecule has 0 aliphatic rings. The molecule has 0 atom stereocenters. The molecule has 2 aromatic rings. The van der Waals surface area contributed by atoms with Gasteiger partial charge in [-0.15, -0.1) is 0 Å². The summed E-state index contributed by atoms with van der Waals surface area (Å²) in [6.07, 6.45) is 0. The minimum absolute atomic E-state index is 0.319. The van der Waals surface area contributed by atoms with E-state index in [4.69, 9.17) is 5.11 Å². The molecule has 3 heteroatoms. The second kappa shape index (κ2) is 5.27. The number of rotatable bonds is 3. The fraction of sp³-hybridized carbons (Fsp3) is 0.133. The van der Waals surface area contributed by atoms with Crippen LogP contribution in [0.25, 0.3) is 0 Å². The van der Waals surface area contributed by atoms with E-state index in [-0.39, 0.29) is 0 Å². The van der Waals surface area contributed by atoms with E-state index >= 15 is 0 Å². The third kappa shape index (κ3) is 2.93. The van der Waals surface area contributed by atoms with Crippen LogP contribution in [0.5, 0.6) is 0 Å². The van der Waals surface area contributed by atoms with Gasteiger partial charge in [0, 0.05) is 9.79 Å². The number of aromatic carboxylic acids is 1. The maximum atomic E-state index is 10.7. The van der Waals surface area contributed by atoms with Crippen LogP contribution in [0, 0.1) is 13.8 Å². The van der Waals surface area contributed by atoms with Crippen LogP contribution in [0.1, 0.15) is 21.5 Å². The summed E-state index contributed by atoms with van der Waals surface area (Å²) in [4.78, 5) is 13.0. The van der Waals surface area contributed by atoms with Crippen LogP contribution < -0.4 is 0 Å². The van der Waals surface area contributed by atoms with Gasteiger partial charge in [-0.3, -0.25) is 0 Å². The van der Waals surface area contributed by atoms with Crippen molar-refractivity contribution in [2.75, 3.05) is 0 Å². The quantitative estimate of drug-likeness (QED) is 0.898. The van der Waals surface area contributed by atoms with E-state index < -0.39 is 5.97 Å². The van der Waals surface area contributed by atoms with Gasteiger partial charge in [-0.05, 0) is 61.4 Å². The number of carboxylic acids is 1. The Balaban J connectivity index is 2.18. The maximum absolute atomic E-state index is 10.7. The van der Waals surface area contributed by atoms with Gasteiger partial charge in [-0.1, -0.05) is 17.8 Å². The molecule has 0 radical (unpaired) electrons. The monoisotopic (exact) mass is 258 g/mol. The van der Waals surface area contributed by atoms with Crippen LogP contribution in [0.15, 0.2) is 52.3 Å². The largest absolute Gasteiger partial charge is 0.478 e. The Bertz CT molecular complexity index is 574. The molecule has 0 aromatic heterocycles. The molecule has 0 aliphatic carbocycles. The van der Waals surface area contributed by atoms with Gasteiger partial charge in [-0.2, -0.15) is 0 Å². The van der Waals surface area contributed by atoms with E-state index in [1.165, 1.54) is 16.0 Å². The second-order valence-electron chi connectivity index (χ2n) is 4.18. The molecular weight excluding hydrogens is 244 g/mol. The normalized spacial score (nSPS) is 10.3. The first-order valence-electron chi connectivity index (χ1n) is 5.65. The van der Waals surface area contributed by atoms with Crippen LogP contribution in [0.3, 0.4) is 0 Å². The lowest BCUT2D eigenvalue weighted by molar-refractivity contribution is 0.0697. The number of aryl methyl sites for hydroxylation is 2. The van der Waals surface area contributed by atoms with Gasteiger partial charge in [0.2, 0.25) is 0 Å². The van der Waals surface area contributed by atoms with Gasteiger partial charge in [0.05, 0.1) is 5.56 Å². The van der Waals surface area contributed by atoms with Gasteiger partial charge >= 0.3 is 5.97 Å². The van der Waals surface area contributed by atoms with Crippen molar-refractivity contribution in [1.29, 1.82) is 0 Å². The summed E-state index contributed by atoms with van der Waals surface area (Å²) in [5, 5.41) is 8.83. The second-order valence-corrected chi connectivity index (χ2v) is 5.32. The molecule has 0 amide bonds. The summed E-state index contributed by atoms with van der Waals surface area (Å²) in [6, 6.07) is 13.3. The van der Waals surface area contributed by atoms with Crippen molar-refractivity contribution in [2.24, 2.45) is 0 Å². The highest BCUT2D eigenvalue weighted by atomic mass is 32.2. The zero-order valence-corrected chi connectivity index (χ0v) is 11.1. The van der Waals surface area contributed by atoms with Crippen molar-refractivity contribution in [1.82, 2.24) is 0 Å². The molecule has 18 heavy (non-hydrogen) atoms. The molecule has 1 N–H and O–H groups in total. The third-order valence-electron chi connectivity index (χ3n) is 2.82. The van der Waals surface area contributed by atoms with Crippen molar-refractivity contribution in [3.8, 4) is 0 Å². The summed E-state index contributed by atoms with van der Waals surface area (Å²) in [7, 11) is 0. The smallest absolute Gasteiger partial charge is 0.335 e. The SMILES string of the molecule is Cc1ccc(Sc2ccc(C(=O)O)cc2)cc1C. The summed E-state index contributed by atoms with van der Waals surface area (Å²) in [6.45, 7) is 4.18. The topological polar surface area (TPSA) is 37.3 Å². The van der Waals surface area contributed by atoms with Crippen LogP contribution in [0.4, 0.5) is 0 Å². The average molecular weight is 258 g/mol. The molecule has 0 bridgehead atoms. The van der Waals surface area contributed by atoms with Crippen molar-refractivity contribution < 1.29 is 9.90 Å². The maximum Gasteiger partial charge on any atom is 0.335 e. The van der Waals surface area contributed by atoms with Crippen molar-refractivity contribution in [3.63, 3.8) is 0 Å². The molecule has 0 spiro atoms. The Hall–Kier alpha value is -1.74. The highest BCUT2D eigenvalue weighted by Crippen LogP contribution is 2.29. The number of hydrogen-bond donors (Lipinski definition) is 1. The number of carbonyl (C=O) groups is 1. The number of hydrogen-bond acceptors (Lipinski definition) is 2. The van der Waals surface area contributed by atoms with Crippen molar-refractivity contribution in [3.05, 3.63) is 59.2 Å². The Morgan fingerprint density at radius 2 is 1.56 bits per heavy atom. The molecule has 2 aromatic carbocycles. The third-order valence-corrected chi connectivity index (χ3v) is 3.81. The first-order valence-corrected chi connectivity index (χ1v) is 6.46. The molecule has 0 fully saturated rings. The van der Waals surface area contributed by atoms with Gasteiger partial charge in [0.1, 0.15) is 0 Å². The zero-order chi connectivity index (χ0) is 13.1. The van der Waals surface area contributed by atoms with Gasteiger partial charge < -0.3 is 5.11 Å². The van der Waals surface area contributed by atoms with Crippen LogP contribution in [-0.4, -0.2) is 11.1 Å². The fourth-order valence-corrected chi connectivity index (χ4v) is 2.50. The Morgan fingerprint density at radius 1 is 0.944 bits per heavy atom. The molecule has 2 nitrogen and oxygen atoms in total. The minimum atomic E-state index is -0.891. The Kier molecular flexibility index (Phi) is 3.72. The molecular formula is C15H14O2S. The van der Waals surface area contributed by atoms with E-state index in [1.807, 2.05) is 12.1 Å². The van der Waals surface area contributed by atoms with E-state index in [9.17, 15) is 4.79 Å². The highest BCUT2D eigenvalue weighted by Gasteiger charge is 2.03. The Morgan fingerprint density at radius 3 is 2.11 bits per heavy atom. The predicted molar refractivity (Wildman–Crippen MR) is 73.4 cm³/mol. The molecule has 0 heterocycles. The zero-order valence-electron chi connectivity index (χ0n) is 10.3. The van der Waals surface area contributed by atoms with E-state index in [1.54, 1.807) is 23.9 Å². The lowest BCUT2D eigenvalue weighted by Crippen LogP contribution is -1.94. The molecule has 2 rings (SSSR count). The summed E-state index contributed by atoms with van der Waals surface area (Å²) in [5.74, 6) is -0.891. The lowest BCUT2D eigenvalue weighted by atomic mass is 10.1. The molecule has 0 saturated carbocycles. The fourth-order valence-electron chi connectivity index (χ4n) is 1.58. The highest BCUT2D eigenvalue weighted by molar-refractivity contribution is 7.99. The lowest BCUT2D eigenvalue weighted by Gasteiger charge is -2.05. The molecule has 92 valence electrons. The van der Waals surface area contributed by atoms with Crippen molar-refractivity contribution in [2.45, 2.75) is 23.6 Å². The van der Waals surface area contributed by atoms with Crippen LogP contribution in [-0.2, 0) is 0 Å². The van der Waals surface area contributed by atoms with E-state index in [2.05, 4.69) is 32.0 Å². The standard InChI is InChI=1S/C15H14O2S/c1-10-3-6-14(9-11(10)2)18-13-7-4-12(5-8-13)15(16)17/h3-9H,1-2H3,(H,16,17). The summed E-state index contributed by atoms with van der Waals surface area (Å²) in [5.41, 5.74) is 2.86. The van der Waals surface area contributed by atoms with Crippen LogP contribution in [0.2, 0.25) is 0 Å². The van der Waals surface area contributed by atoms with Gasteiger partial charge in [0.25, 0.3) is 0 Å². The van der Waals surface area contributed by atoms with E-state index in [0.717, 1.165) is 4.90 Å². The van der Waals surface area contributed by atoms with Gasteiger partial charge in [-0.25, -0.2) is 4.79 Å². The molecule has 0 unspecified atom stereocenters. The number of benzene rings is 2. The van der Waals surface area contributed by atoms with Crippen LogP contribution >= 0.6 is 11.8 Å². The minimum Gasteiger partial charge on any atom is -0.478 e. The van der Waals surface area contributed by atoms with E-state index in [0.29, 0.717) is 5.56 Å². The first-order chi connectivity index (χ1) is 8.56. The molecule has 0 saturated heterocycles. The number of carboxylic acid groups (broad SMARTS) is 1. The summed E-state index contributed by atoms with van der Waals surface area (Å²) >= 11 is 1.64. The first kappa shape index (κ1) is 12.7. The average Bonchev–Trinajstić information content (AvgIpc) is 2.34. The molecule has 0 aliphatic heterocycles.